The number of aromatic nitrogens is 1. The van der Waals surface area contributed by atoms with Gasteiger partial charge in [0.2, 0.25) is 0 Å². The van der Waals surface area contributed by atoms with Crippen LogP contribution in [-0.4, -0.2) is 60.6 Å². The van der Waals surface area contributed by atoms with E-state index in [1.165, 1.54) is 17.8 Å². The van der Waals surface area contributed by atoms with Gasteiger partial charge in [-0.25, -0.2) is 4.98 Å². The fourth-order valence-electron chi connectivity index (χ4n) is 4.12. The molecule has 2 aromatic rings. The molecule has 4 rings (SSSR count). The number of pyridine rings is 1. The zero-order valence-electron chi connectivity index (χ0n) is 15.4. The van der Waals surface area contributed by atoms with E-state index < -0.39 is 0 Å². The molecule has 4 heterocycles. The number of fused-ring (bicyclic) bond motifs is 1. The van der Waals surface area contributed by atoms with Crippen molar-refractivity contribution in [1.82, 2.24) is 14.8 Å². The van der Waals surface area contributed by atoms with Crippen molar-refractivity contribution in [1.29, 1.82) is 0 Å². The fourth-order valence-corrected chi connectivity index (χ4v) is 5.24. The Morgan fingerprint density at radius 1 is 1.31 bits per heavy atom. The molecular weight excluding hydrogens is 348 g/mol. The zero-order valence-corrected chi connectivity index (χ0v) is 16.2. The second-order valence-corrected chi connectivity index (χ2v) is 8.37. The second-order valence-electron chi connectivity index (χ2n) is 7.37. The molecule has 6 nitrogen and oxygen atoms in total. The average Bonchev–Trinajstić information content (AvgIpc) is 3.26. The van der Waals surface area contributed by atoms with Crippen LogP contribution in [0.2, 0.25) is 0 Å². The molecule has 2 aliphatic rings. The highest BCUT2D eigenvalue weighted by Crippen LogP contribution is 2.38. The first-order valence-corrected chi connectivity index (χ1v) is 10.1. The first-order chi connectivity index (χ1) is 12.6. The molecule has 7 heteroatoms. The Morgan fingerprint density at radius 2 is 2.08 bits per heavy atom. The summed E-state index contributed by atoms with van der Waals surface area (Å²) in [4.78, 5) is 22.9. The third-order valence-corrected chi connectivity index (χ3v) is 6.61. The van der Waals surface area contributed by atoms with E-state index in [1.807, 2.05) is 6.07 Å². The van der Waals surface area contributed by atoms with Crippen molar-refractivity contribution in [3.63, 3.8) is 0 Å². The third kappa shape index (κ3) is 3.08. The minimum Gasteiger partial charge on any atom is -0.397 e. The molecule has 140 valence electrons. The number of nitrogens with zero attached hydrogens (tertiary/aromatic N) is 3. The molecule has 2 fully saturated rings. The fraction of sp³-hybridized carbons (Fsp3) is 0.579. The zero-order chi connectivity index (χ0) is 18.3. The highest BCUT2D eigenvalue weighted by atomic mass is 32.1. The van der Waals surface area contributed by atoms with Crippen molar-refractivity contribution in [2.75, 3.05) is 39.6 Å². The number of hydrogen-bond acceptors (Lipinski definition) is 6. The van der Waals surface area contributed by atoms with E-state index in [9.17, 15) is 4.79 Å². The molecule has 2 aliphatic heterocycles. The molecule has 2 N–H and O–H groups in total. The number of amides is 1. The van der Waals surface area contributed by atoms with E-state index >= 15 is 0 Å². The third-order valence-electron chi connectivity index (χ3n) is 5.51. The normalized spacial score (nSPS) is 22.2. The van der Waals surface area contributed by atoms with Crippen molar-refractivity contribution in [3.05, 3.63) is 22.7 Å². The van der Waals surface area contributed by atoms with Crippen LogP contribution in [0.3, 0.4) is 0 Å². The smallest absolute Gasteiger partial charge is 0.265 e. The summed E-state index contributed by atoms with van der Waals surface area (Å²) in [6.45, 7) is 2.85. The summed E-state index contributed by atoms with van der Waals surface area (Å²) in [6, 6.07) is 5.08. The summed E-state index contributed by atoms with van der Waals surface area (Å²) in [5.41, 5.74) is 7.88. The number of hydrogen-bond donors (Lipinski definition) is 1. The van der Waals surface area contributed by atoms with Crippen LogP contribution < -0.4 is 5.73 Å². The molecule has 1 atom stereocenters. The maximum atomic E-state index is 12.3. The van der Waals surface area contributed by atoms with E-state index in [0.29, 0.717) is 22.6 Å². The summed E-state index contributed by atoms with van der Waals surface area (Å²) in [7, 11) is 3.49. The monoisotopic (exact) mass is 374 g/mol. The number of nitrogens with two attached hydrogens (primary N) is 1. The first kappa shape index (κ1) is 17.7. The maximum absolute atomic E-state index is 12.3. The topological polar surface area (TPSA) is 71.7 Å². The lowest BCUT2D eigenvalue weighted by atomic mass is 10.0. The molecule has 1 amide bonds. The van der Waals surface area contributed by atoms with Crippen molar-refractivity contribution in [2.24, 2.45) is 0 Å². The highest BCUT2D eigenvalue weighted by molar-refractivity contribution is 7.21. The van der Waals surface area contributed by atoms with Gasteiger partial charge in [-0.2, -0.15) is 0 Å². The SMILES string of the molecule is CN(C)C(=O)c1sc2nc(C3CCCN3C3CCOCC3)ccc2c1N. The predicted molar refractivity (Wildman–Crippen MR) is 105 cm³/mol. The van der Waals surface area contributed by atoms with Gasteiger partial charge in [-0.1, -0.05) is 0 Å². The number of nitrogen functional groups attached to an aromatic ring is 1. The molecule has 2 aromatic heterocycles. The molecule has 0 aliphatic carbocycles. The minimum absolute atomic E-state index is 0.0586. The van der Waals surface area contributed by atoms with E-state index in [2.05, 4.69) is 11.0 Å². The van der Waals surface area contributed by atoms with Crippen molar-refractivity contribution in [2.45, 2.75) is 37.8 Å². The van der Waals surface area contributed by atoms with E-state index in [-0.39, 0.29) is 5.91 Å². The first-order valence-electron chi connectivity index (χ1n) is 9.30. The molecule has 0 aromatic carbocycles. The van der Waals surface area contributed by atoms with Gasteiger partial charge in [-0.05, 0) is 44.4 Å². The summed E-state index contributed by atoms with van der Waals surface area (Å²) < 4.78 is 5.53. The Balaban J connectivity index is 1.65. The van der Waals surface area contributed by atoms with Crippen molar-refractivity contribution >= 4 is 33.1 Å². The lowest BCUT2D eigenvalue weighted by Crippen LogP contribution is -2.39. The summed E-state index contributed by atoms with van der Waals surface area (Å²) in [6.07, 6.45) is 4.55. The number of rotatable bonds is 3. The Kier molecular flexibility index (Phi) is 4.86. The van der Waals surface area contributed by atoms with Gasteiger partial charge in [-0.15, -0.1) is 11.3 Å². The molecule has 26 heavy (non-hydrogen) atoms. The van der Waals surface area contributed by atoms with Gasteiger partial charge in [0.1, 0.15) is 9.71 Å². The van der Waals surface area contributed by atoms with Crippen LogP contribution >= 0.6 is 11.3 Å². The summed E-state index contributed by atoms with van der Waals surface area (Å²) >= 11 is 1.40. The summed E-state index contributed by atoms with van der Waals surface area (Å²) in [5, 5.41) is 0.888. The van der Waals surface area contributed by atoms with Crippen LogP contribution in [-0.2, 0) is 4.74 Å². The summed E-state index contributed by atoms with van der Waals surface area (Å²) in [5.74, 6) is -0.0586. The number of anilines is 1. The molecule has 2 saturated heterocycles. The van der Waals surface area contributed by atoms with Crippen LogP contribution in [0.5, 0.6) is 0 Å². The number of carbonyl (C=O) groups is 1. The Labute approximate surface area is 157 Å². The van der Waals surface area contributed by atoms with Crippen LogP contribution in [0, 0.1) is 0 Å². The number of thiophene rings is 1. The Hall–Kier alpha value is -1.70. The standard InChI is InChI=1S/C19H26N4O2S/c1-22(2)19(24)17-16(20)13-5-6-14(21-18(13)26-17)15-4-3-9-23(15)12-7-10-25-11-8-12/h5-6,12,15H,3-4,7-11,20H2,1-2H3. The van der Waals surface area contributed by atoms with E-state index in [4.69, 9.17) is 15.5 Å². The highest BCUT2D eigenvalue weighted by Gasteiger charge is 2.33. The minimum atomic E-state index is -0.0586. The molecule has 0 bridgehead atoms. The lowest BCUT2D eigenvalue weighted by molar-refractivity contribution is 0.0285. The van der Waals surface area contributed by atoms with Gasteiger partial charge >= 0.3 is 0 Å². The predicted octanol–water partition coefficient (Wildman–Crippen LogP) is 2.90. The average molecular weight is 375 g/mol. The lowest BCUT2D eigenvalue weighted by Gasteiger charge is -2.35. The van der Waals surface area contributed by atoms with Gasteiger partial charge in [0.05, 0.1) is 17.4 Å². The van der Waals surface area contributed by atoms with Crippen LogP contribution in [0.4, 0.5) is 5.69 Å². The second kappa shape index (κ2) is 7.13. The van der Waals surface area contributed by atoms with Crippen LogP contribution in [0.1, 0.15) is 47.1 Å². The number of likely N-dealkylation sites (tertiary alicyclic amines) is 1. The quantitative estimate of drug-likeness (QED) is 0.894. The van der Waals surface area contributed by atoms with E-state index in [0.717, 1.165) is 54.9 Å². The molecule has 0 spiro atoms. The van der Waals surface area contributed by atoms with Gasteiger partial charge in [0.25, 0.3) is 5.91 Å². The van der Waals surface area contributed by atoms with Gasteiger partial charge < -0.3 is 15.4 Å². The molecular formula is C19H26N4O2S. The van der Waals surface area contributed by atoms with Crippen molar-refractivity contribution in [3.8, 4) is 0 Å². The van der Waals surface area contributed by atoms with Crippen LogP contribution in [0.25, 0.3) is 10.2 Å². The van der Waals surface area contributed by atoms with Gasteiger partial charge in [0.15, 0.2) is 0 Å². The molecule has 1 unspecified atom stereocenters. The maximum Gasteiger partial charge on any atom is 0.265 e. The van der Waals surface area contributed by atoms with Gasteiger partial charge in [-0.3, -0.25) is 9.69 Å². The number of carbonyl (C=O) groups excluding carboxylic acids is 1. The Morgan fingerprint density at radius 3 is 2.81 bits per heavy atom. The largest absolute Gasteiger partial charge is 0.397 e. The molecule has 0 radical (unpaired) electrons. The van der Waals surface area contributed by atoms with Crippen molar-refractivity contribution < 1.29 is 9.53 Å². The Bertz CT molecular complexity index is 813. The molecule has 0 saturated carbocycles. The van der Waals surface area contributed by atoms with E-state index in [1.54, 1.807) is 19.0 Å². The number of ether oxygens (including phenoxy) is 1. The van der Waals surface area contributed by atoms with Gasteiger partial charge in [0, 0.05) is 38.7 Å². The van der Waals surface area contributed by atoms with Crippen LogP contribution in [0.15, 0.2) is 12.1 Å².